The normalized spacial score (nSPS) is 10.8. The molecule has 110 valence electrons. The predicted octanol–water partition coefficient (Wildman–Crippen LogP) is 3.50. The van der Waals surface area contributed by atoms with Crippen LogP contribution in [0.2, 0.25) is 0 Å². The van der Waals surface area contributed by atoms with E-state index < -0.39 is 16.7 Å². The summed E-state index contributed by atoms with van der Waals surface area (Å²) < 4.78 is 5.73. The Labute approximate surface area is 133 Å². The Morgan fingerprint density at radius 1 is 1.32 bits per heavy atom. The second-order valence-electron chi connectivity index (χ2n) is 4.06. The number of carbonyl (C=O) groups excluding carboxylic acids is 1. The van der Waals surface area contributed by atoms with Crippen LogP contribution in [0.1, 0.15) is 5.76 Å². The first-order valence-electron chi connectivity index (χ1n) is 5.92. The van der Waals surface area contributed by atoms with Crippen LogP contribution in [0.3, 0.4) is 0 Å². The van der Waals surface area contributed by atoms with Crippen molar-refractivity contribution in [3.8, 4) is 6.07 Å². The number of amides is 1. The molecule has 0 aliphatic heterocycles. The molecule has 0 atom stereocenters. The van der Waals surface area contributed by atoms with Crippen LogP contribution in [0, 0.1) is 21.4 Å². The molecule has 0 bridgehead atoms. The Balaban J connectivity index is 2.17. The quantitative estimate of drug-likeness (QED) is 0.387. The van der Waals surface area contributed by atoms with Crippen LogP contribution in [-0.2, 0) is 4.79 Å². The van der Waals surface area contributed by atoms with Gasteiger partial charge in [0.25, 0.3) is 5.91 Å². The van der Waals surface area contributed by atoms with Crippen LogP contribution >= 0.6 is 15.9 Å². The van der Waals surface area contributed by atoms with Gasteiger partial charge in [0.1, 0.15) is 22.3 Å². The second-order valence-corrected chi connectivity index (χ2v) is 4.98. The molecule has 8 heteroatoms. The fourth-order valence-corrected chi connectivity index (χ4v) is 1.80. The lowest BCUT2D eigenvalue weighted by atomic mass is 10.2. The van der Waals surface area contributed by atoms with E-state index in [0.717, 1.165) is 16.6 Å². The number of hydrogen-bond donors (Lipinski definition) is 1. The summed E-state index contributed by atoms with van der Waals surface area (Å²) in [5, 5.41) is 22.1. The van der Waals surface area contributed by atoms with Crippen LogP contribution in [0.15, 0.2) is 50.9 Å². The van der Waals surface area contributed by atoms with Crippen molar-refractivity contribution in [2.45, 2.75) is 0 Å². The summed E-state index contributed by atoms with van der Waals surface area (Å²) in [4.78, 5) is 21.8. The number of nitrogens with zero attached hydrogens (tertiary/aromatic N) is 2. The van der Waals surface area contributed by atoms with E-state index in [0.29, 0.717) is 5.69 Å². The topological polar surface area (TPSA) is 109 Å². The monoisotopic (exact) mass is 361 g/mol. The maximum absolute atomic E-state index is 12.0. The van der Waals surface area contributed by atoms with Gasteiger partial charge in [0, 0.05) is 16.2 Å². The van der Waals surface area contributed by atoms with E-state index in [2.05, 4.69) is 21.2 Å². The predicted molar refractivity (Wildman–Crippen MR) is 81.7 cm³/mol. The van der Waals surface area contributed by atoms with Gasteiger partial charge in [-0.05, 0) is 30.3 Å². The fourth-order valence-electron chi connectivity index (χ4n) is 1.54. The molecule has 0 radical (unpaired) electrons. The highest BCUT2D eigenvalue weighted by atomic mass is 79.9. The molecule has 0 spiro atoms. The number of nitriles is 1. The molecule has 2 rings (SSSR count). The smallest absolute Gasteiger partial charge is 0.401 e. The highest BCUT2D eigenvalue weighted by Crippen LogP contribution is 2.19. The molecule has 2 aromatic rings. The van der Waals surface area contributed by atoms with Gasteiger partial charge in [0.2, 0.25) is 0 Å². The summed E-state index contributed by atoms with van der Waals surface area (Å²) in [5.41, 5.74) is 0.284. The summed E-state index contributed by atoms with van der Waals surface area (Å²) in [5.74, 6) is -1.05. The van der Waals surface area contributed by atoms with Crippen molar-refractivity contribution in [1.29, 1.82) is 5.26 Å². The van der Waals surface area contributed by atoms with Crippen molar-refractivity contribution < 1.29 is 14.1 Å². The minimum absolute atomic E-state index is 0.0502. The van der Waals surface area contributed by atoms with E-state index >= 15 is 0 Å². The van der Waals surface area contributed by atoms with Crippen LogP contribution in [0.5, 0.6) is 0 Å². The average Bonchev–Trinajstić information content (AvgIpc) is 2.96. The number of furan rings is 1. The van der Waals surface area contributed by atoms with E-state index in [1.807, 2.05) is 0 Å². The third-order valence-corrected chi connectivity index (χ3v) is 3.07. The Morgan fingerprint density at radius 2 is 2.00 bits per heavy atom. The zero-order chi connectivity index (χ0) is 16.1. The standard InChI is InChI=1S/C14H8BrN3O4/c15-10-1-3-11(4-2-10)17-14(19)9(8-16)7-12-5-6-13(22-12)18(20)21/h1-7H,(H,17,19)/b9-7-. The molecule has 1 N–H and O–H groups in total. The molecular formula is C14H8BrN3O4. The number of benzene rings is 1. The number of nitro groups is 1. The molecule has 0 fully saturated rings. The maximum Gasteiger partial charge on any atom is 0.433 e. The summed E-state index contributed by atoms with van der Waals surface area (Å²) in [6.45, 7) is 0. The molecule has 0 saturated carbocycles. The lowest BCUT2D eigenvalue weighted by Crippen LogP contribution is -2.13. The third-order valence-electron chi connectivity index (χ3n) is 2.55. The lowest BCUT2D eigenvalue weighted by Gasteiger charge is -2.03. The molecule has 0 aliphatic carbocycles. The van der Waals surface area contributed by atoms with Crippen molar-refractivity contribution in [2.24, 2.45) is 0 Å². The van der Waals surface area contributed by atoms with Gasteiger partial charge in [0.15, 0.2) is 0 Å². The van der Waals surface area contributed by atoms with Gasteiger partial charge >= 0.3 is 5.88 Å². The van der Waals surface area contributed by atoms with Gasteiger partial charge in [0.05, 0.1) is 6.07 Å². The zero-order valence-corrected chi connectivity index (χ0v) is 12.5. The molecule has 0 aliphatic rings. The molecule has 1 aromatic carbocycles. The summed E-state index contributed by atoms with van der Waals surface area (Å²) >= 11 is 3.27. The molecule has 1 aromatic heterocycles. The zero-order valence-electron chi connectivity index (χ0n) is 10.9. The maximum atomic E-state index is 12.0. The lowest BCUT2D eigenvalue weighted by molar-refractivity contribution is -0.402. The fraction of sp³-hybridized carbons (Fsp3) is 0. The SMILES string of the molecule is N#C/C(=C/c1ccc([N+](=O)[O-])o1)C(=O)Nc1ccc(Br)cc1. The number of nitrogens with one attached hydrogen (secondary N) is 1. The van der Waals surface area contributed by atoms with Crippen LogP contribution < -0.4 is 5.32 Å². The summed E-state index contributed by atoms with van der Waals surface area (Å²) in [6.07, 6.45) is 1.14. The second kappa shape index (κ2) is 6.69. The largest absolute Gasteiger partial charge is 0.433 e. The summed E-state index contributed by atoms with van der Waals surface area (Å²) in [6, 6.07) is 11.0. The van der Waals surface area contributed by atoms with Crippen molar-refractivity contribution in [3.63, 3.8) is 0 Å². The Bertz CT molecular complexity index is 787. The Hall–Kier alpha value is -2.92. The minimum Gasteiger partial charge on any atom is -0.401 e. The molecule has 22 heavy (non-hydrogen) atoms. The third kappa shape index (κ3) is 3.80. The molecule has 0 unspecified atom stereocenters. The number of carbonyl (C=O) groups is 1. The first-order chi connectivity index (χ1) is 10.5. The van der Waals surface area contributed by atoms with Crippen LogP contribution in [0.25, 0.3) is 6.08 Å². The minimum atomic E-state index is -0.703. The molecule has 1 amide bonds. The van der Waals surface area contributed by atoms with Gasteiger partial charge in [-0.15, -0.1) is 0 Å². The molecule has 1 heterocycles. The number of rotatable bonds is 4. The van der Waals surface area contributed by atoms with E-state index in [4.69, 9.17) is 9.68 Å². The highest BCUT2D eigenvalue weighted by Gasteiger charge is 2.14. The van der Waals surface area contributed by atoms with E-state index in [-0.39, 0.29) is 11.3 Å². The van der Waals surface area contributed by atoms with E-state index in [1.165, 1.54) is 6.07 Å². The van der Waals surface area contributed by atoms with Gasteiger partial charge in [-0.1, -0.05) is 15.9 Å². The first kappa shape index (κ1) is 15.5. The molecular weight excluding hydrogens is 354 g/mol. The Kier molecular flexibility index (Phi) is 4.70. The van der Waals surface area contributed by atoms with Gasteiger partial charge in [-0.2, -0.15) is 5.26 Å². The van der Waals surface area contributed by atoms with Crippen LogP contribution in [0.4, 0.5) is 11.6 Å². The Morgan fingerprint density at radius 3 is 2.55 bits per heavy atom. The van der Waals surface area contributed by atoms with Gasteiger partial charge < -0.3 is 9.73 Å². The number of anilines is 1. The molecule has 0 saturated heterocycles. The van der Waals surface area contributed by atoms with Crippen molar-refractivity contribution in [2.75, 3.05) is 5.32 Å². The number of halogens is 1. The number of hydrogen-bond acceptors (Lipinski definition) is 5. The van der Waals surface area contributed by atoms with E-state index in [1.54, 1.807) is 30.3 Å². The van der Waals surface area contributed by atoms with Gasteiger partial charge in [-0.25, -0.2) is 0 Å². The van der Waals surface area contributed by atoms with Crippen molar-refractivity contribution in [3.05, 3.63) is 62.3 Å². The molecule has 7 nitrogen and oxygen atoms in total. The average molecular weight is 362 g/mol. The van der Waals surface area contributed by atoms with Crippen molar-refractivity contribution >= 4 is 39.5 Å². The van der Waals surface area contributed by atoms with Gasteiger partial charge in [-0.3, -0.25) is 14.9 Å². The highest BCUT2D eigenvalue weighted by molar-refractivity contribution is 9.10. The van der Waals surface area contributed by atoms with Crippen LogP contribution in [-0.4, -0.2) is 10.8 Å². The summed E-state index contributed by atoms with van der Waals surface area (Å²) in [7, 11) is 0. The first-order valence-corrected chi connectivity index (χ1v) is 6.72. The van der Waals surface area contributed by atoms with E-state index in [9.17, 15) is 14.9 Å². The van der Waals surface area contributed by atoms with Crippen molar-refractivity contribution in [1.82, 2.24) is 0 Å².